The third-order valence-corrected chi connectivity index (χ3v) is 6.58. The molecule has 0 radical (unpaired) electrons. The standard InChI is InChI=1S/C24H16BrClN2O4S/c25-19-12-17(26)10-16(21(19)29)11-20-22(30)28(13-14-6-8-15(9-7-14)23(31)32)24(33-20)27-18-4-2-1-3-5-18/h1-12,29H,13H2,(H,31,32)/b20-11-,27-24?. The molecule has 4 rings (SSSR count). The topological polar surface area (TPSA) is 90.2 Å². The van der Waals surface area contributed by atoms with Gasteiger partial charge in [0.15, 0.2) is 5.17 Å². The number of phenols is 1. The molecule has 0 aromatic heterocycles. The van der Waals surface area contributed by atoms with E-state index in [1.807, 2.05) is 30.3 Å². The number of carboxylic acid groups (broad SMARTS) is 1. The Kier molecular flexibility index (Phi) is 6.88. The fourth-order valence-corrected chi connectivity index (χ4v) is 4.94. The van der Waals surface area contributed by atoms with Crippen molar-refractivity contribution in [2.75, 3.05) is 0 Å². The van der Waals surface area contributed by atoms with E-state index >= 15 is 0 Å². The Balaban J connectivity index is 1.71. The van der Waals surface area contributed by atoms with Gasteiger partial charge in [-0.1, -0.05) is 41.9 Å². The number of aliphatic imine (C=N–C) groups is 1. The first-order valence-electron chi connectivity index (χ1n) is 9.67. The third-order valence-electron chi connectivity index (χ3n) is 4.75. The van der Waals surface area contributed by atoms with Crippen LogP contribution in [0.2, 0.25) is 5.02 Å². The Morgan fingerprint density at radius 3 is 2.48 bits per heavy atom. The quantitative estimate of drug-likeness (QED) is 0.368. The Morgan fingerprint density at radius 1 is 1.12 bits per heavy atom. The summed E-state index contributed by atoms with van der Waals surface area (Å²) in [6, 6.07) is 18.7. The Morgan fingerprint density at radius 2 is 1.82 bits per heavy atom. The van der Waals surface area contributed by atoms with Crippen LogP contribution >= 0.6 is 39.3 Å². The van der Waals surface area contributed by atoms with E-state index in [4.69, 9.17) is 16.7 Å². The van der Waals surface area contributed by atoms with Crippen molar-refractivity contribution >= 4 is 68.1 Å². The molecule has 6 nitrogen and oxygen atoms in total. The van der Waals surface area contributed by atoms with E-state index in [-0.39, 0.29) is 23.8 Å². The van der Waals surface area contributed by atoms with Gasteiger partial charge in [-0.25, -0.2) is 9.79 Å². The van der Waals surface area contributed by atoms with Gasteiger partial charge in [-0.05, 0) is 75.7 Å². The molecule has 166 valence electrons. The van der Waals surface area contributed by atoms with Gasteiger partial charge in [0.2, 0.25) is 0 Å². The molecule has 3 aromatic carbocycles. The molecule has 1 fully saturated rings. The second kappa shape index (κ2) is 9.82. The summed E-state index contributed by atoms with van der Waals surface area (Å²) >= 11 is 10.6. The summed E-state index contributed by atoms with van der Waals surface area (Å²) in [7, 11) is 0. The smallest absolute Gasteiger partial charge is 0.335 e. The van der Waals surface area contributed by atoms with Crippen LogP contribution in [0, 0.1) is 0 Å². The van der Waals surface area contributed by atoms with Crippen LogP contribution in [0.5, 0.6) is 5.75 Å². The van der Waals surface area contributed by atoms with Crippen molar-refractivity contribution in [3.63, 3.8) is 0 Å². The van der Waals surface area contributed by atoms with Crippen molar-refractivity contribution in [3.05, 3.63) is 97.8 Å². The molecule has 1 heterocycles. The minimum Gasteiger partial charge on any atom is -0.506 e. The Hall–Kier alpha value is -3.07. The van der Waals surface area contributed by atoms with Crippen LogP contribution in [0.1, 0.15) is 21.5 Å². The highest BCUT2D eigenvalue weighted by Crippen LogP contribution is 2.38. The molecule has 0 atom stereocenters. The van der Waals surface area contributed by atoms with E-state index in [1.54, 1.807) is 30.3 Å². The SMILES string of the molecule is O=C(O)c1ccc(CN2C(=O)/C(=C/c3cc(Cl)cc(Br)c3O)SC2=Nc2ccccc2)cc1. The maximum absolute atomic E-state index is 13.3. The highest BCUT2D eigenvalue weighted by Gasteiger charge is 2.34. The number of thioether (sulfide) groups is 1. The summed E-state index contributed by atoms with van der Waals surface area (Å²) < 4.78 is 0.422. The van der Waals surface area contributed by atoms with E-state index in [9.17, 15) is 14.7 Å². The number of rotatable bonds is 5. The normalized spacial score (nSPS) is 16.1. The predicted octanol–water partition coefficient (Wildman–Crippen LogP) is 6.31. The molecule has 0 aliphatic carbocycles. The first-order chi connectivity index (χ1) is 15.8. The average molecular weight is 544 g/mol. The number of para-hydroxylation sites is 1. The van der Waals surface area contributed by atoms with Crippen LogP contribution in [-0.4, -0.2) is 32.2 Å². The molecule has 0 saturated carbocycles. The van der Waals surface area contributed by atoms with Crippen LogP contribution in [0.4, 0.5) is 5.69 Å². The minimum absolute atomic E-state index is 0.0236. The molecular formula is C24H16BrClN2O4S. The first-order valence-corrected chi connectivity index (χ1v) is 11.7. The minimum atomic E-state index is -1.02. The monoisotopic (exact) mass is 542 g/mol. The van der Waals surface area contributed by atoms with Crippen molar-refractivity contribution in [1.29, 1.82) is 0 Å². The van der Waals surface area contributed by atoms with Crippen LogP contribution in [0.25, 0.3) is 6.08 Å². The van der Waals surface area contributed by atoms with Gasteiger partial charge in [-0.3, -0.25) is 9.69 Å². The summed E-state index contributed by atoms with van der Waals surface area (Å²) in [4.78, 5) is 31.0. The van der Waals surface area contributed by atoms with Crippen molar-refractivity contribution in [2.45, 2.75) is 6.54 Å². The van der Waals surface area contributed by atoms with E-state index in [1.165, 1.54) is 28.8 Å². The van der Waals surface area contributed by atoms with Gasteiger partial charge in [-0.15, -0.1) is 0 Å². The number of benzene rings is 3. The first kappa shape index (κ1) is 23.1. The Bertz CT molecular complexity index is 1290. The molecule has 1 aliphatic heterocycles. The van der Waals surface area contributed by atoms with Crippen molar-refractivity contribution in [2.24, 2.45) is 4.99 Å². The highest BCUT2D eigenvalue weighted by atomic mass is 79.9. The second-order valence-electron chi connectivity index (χ2n) is 7.06. The van der Waals surface area contributed by atoms with Gasteiger partial charge in [0.25, 0.3) is 5.91 Å². The van der Waals surface area contributed by atoms with Crippen molar-refractivity contribution < 1.29 is 19.8 Å². The largest absolute Gasteiger partial charge is 0.506 e. The molecule has 0 spiro atoms. The number of hydrogen-bond donors (Lipinski definition) is 2. The lowest BCUT2D eigenvalue weighted by Crippen LogP contribution is -2.28. The molecule has 0 bridgehead atoms. The number of carbonyl (C=O) groups is 2. The molecule has 33 heavy (non-hydrogen) atoms. The van der Waals surface area contributed by atoms with Gasteiger partial charge < -0.3 is 10.2 Å². The van der Waals surface area contributed by atoms with E-state index in [0.29, 0.717) is 30.8 Å². The summed E-state index contributed by atoms with van der Waals surface area (Å²) in [6.07, 6.45) is 1.58. The van der Waals surface area contributed by atoms with Gasteiger partial charge >= 0.3 is 5.97 Å². The van der Waals surface area contributed by atoms with Crippen molar-refractivity contribution in [1.82, 2.24) is 4.90 Å². The molecule has 1 saturated heterocycles. The maximum Gasteiger partial charge on any atom is 0.335 e. The summed E-state index contributed by atoms with van der Waals surface area (Å²) in [5, 5.41) is 20.4. The Labute approximate surface area is 207 Å². The maximum atomic E-state index is 13.3. The number of aromatic hydroxyl groups is 1. The number of aromatic carboxylic acids is 1. The zero-order valence-electron chi connectivity index (χ0n) is 16.9. The molecule has 3 aromatic rings. The summed E-state index contributed by atoms with van der Waals surface area (Å²) in [5.41, 5.74) is 2.01. The number of halogens is 2. The number of carbonyl (C=O) groups excluding carboxylic acids is 1. The summed E-state index contributed by atoms with van der Waals surface area (Å²) in [6.45, 7) is 0.208. The molecule has 2 N–H and O–H groups in total. The van der Waals surface area contributed by atoms with Gasteiger partial charge in [0.1, 0.15) is 5.75 Å². The number of carboxylic acids is 1. The van der Waals surface area contributed by atoms with E-state index in [0.717, 1.165) is 5.56 Å². The van der Waals surface area contributed by atoms with Crippen LogP contribution in [0.15, 0.2) is 81.1 Å². The van der Waals surface area contributed by atoms with Crippen LogP contribution < -0.4 is 0 Å². The number of nitrogens with zero attached hydrogens (tertiary/aromatic N) is 2. The molecular weight excluding hydrogens is 528 g/mol. The fraction of sp³-hybridized carbons (Fsp3) is 0.0417. The van der Waals surface area contributed by atoms with Gasteiger partial charge in [-0.2, -0.15) is 0 Å². The second-order valence-corrected chi connectivity index (χ2v) is 9.36. The van der Waals surface area contributed by atoms with E-state index in [2.05, 4.69) is 20.9 Å². The van der Waals surface area contributed by atoms with Crippen molar-refractivity contribution in [3.8, 4) is 5.75 Å². The number of hydrogen-bond acceptors (Lipinski definition) is 5. The lowest BCUT2D eigenvalue weighted by Gasteiger charge is -2.16. The molecule has 9 heteroatoms. The van der Waals surface area contributed by atoms with E-state index < -0.39 is 5.97 Å². The fourth-order valence-electron chi connectivity index (χ4n) is 3.12. The molecule has 0 unspecified atom stereocenters. The zero-order valence-corrected chi connectivity index (χ0v) is 20.1. The van der Waals surface area contributed by atoms with Crippen LogP contribution in [-0.2, 0) is 11.3 Å². The predicted molar refractivity (Wildman–Crippen MR) is 134 cm³/mol. The lowest BCUT2D eigenvalue weighted by atomic mass is 10.1. The lowest BCUT2D eigenvalue weighted by molar-refractivity contribution is -0.122. The number of amidine groups is 1. The number of phenolic OH excluding ortho intramolecular Hbond substituents is 1. The highest BCUT2D eigenvalue weighted by molar-refractivity contribution is 9.10. The third kappa shape index (κ3) is 5.30. The van der Waals surface area contributed by atoms with Gasteiger partial charge in [0.05, 0.1) is 27.2 Å². The number of amides is 1. The molecule has 1 aliphatic rings. The average Bonchev–Trinajstić information content (AvgIpc) is 3.07. The van der Waals surface area contributed by atoms with Crippen LogP contribution in [0.3, 0.4) is 0 Å². The molecule has 1 amide bonds. The summed E-state index contributed by atoms with van der Waals surface area (Å²) in [5.74, 6) is -1.32. The van der Waals surface area contributed by atoms with Gasteiger partial charge in [0, 0.05) is 10.6 Å². The zero-order chi connectivity index (χ0) is 23.5.